The summed E-state index contributed by atoms with van der Waals surface area (Å²) in [6.45, 7) is 9.38. The number of rotatable bonds is 5. The molecule has 1 fully saturated rings. The van der Waals surface area contributed by atoms with E-state index in [9.17, 15) is 0 Å². The third-order valence-corrected chi connectivity index (χ3v) is 4.71. The third kappa shape index (κ3) is 3.32. The van der Waals surface area contributed by atoms with Crippen LogP contribution in [0.5, 0.6) is 0 Å². The minimum atomic E-state index is 0.589. The lowest BCUT2D eigenvalue weighted by Crippen LogP contribution is -2.44. The monoisotopic (exact) mass is 268 g/mol. The average molecular weight is 268 g/mol. The van der Waals surface area contributed by atoms with E-state index in [2.05, 4.69) is 30.1 Å². The molecule has 0 spiro atoms. The van der Waals surface area contributed by atoms with E-state index < -0.39 is 0 Å². The molecule has 0 aliphatic carbocycles. The predicted molar refractivity (Wildman–Crippen MR) is 77.1 cm³/mol. The lowest BCUT2D eigenvalue weighted by molar-refractivity contribution is -0.0127. The highest BCUT2D eigenvalue weighted by Crippen LogP contribution is 2.24. The Kier molecular flexibility index (Phi) is 5.18. The number of ether oxygens (including phenoxy) is 1. The molecule has 1 saturated heterocycles. The van der Waals surface area contributed by atoms with Crippen molar-refractivity contribution >= 4 is 11.3 Å². The number of morpholine rings is 1. The smallest absolute Gasteiger partial charge is 0.0622 e. The van der Waals surface area contributed by atoms with Crippen LogP contribution in [-0.2, 0) is 17.8 Å². The van der Waals surface area contributed by atoms with Gasteiger partial charge >= 0.3 is 0 Å². The lowest BCUT2D eigenvalue weighted by Gasteiger charge is -2.35. The molecule has 0 bridgehead atoms. The zero-order valence-electron chi connectivity index (χ0n) is 11.7. The Bertz CT molecular complexity index is 378. The van der Waals surface area contributed by atoms with Crippen molar-refractivity contribution in [1.29, 1.82) is 0 Å². The van der Waals surface area contributed by atoms with E-state index >= 15 is 0 Å². The highest BCUT2D eigenvalue weighted by atomic mass is 32.1. The van der Waals surface area contributed by atoms with E-state index in [1.54, 1.807) is 0 Å². The summed E-state index contributed by atoms with van der Waals surface area (Å²) in [5.41, 5.74) is 1.49. The van der Waals surface area contributed by atoms with E-state index in [1.807, 2.05) is 18.4 Å². The summed E-state index contributed by atoms with van der Waals surface area (Å²) in [6, 6.07) is 2.95. The van der Waals surface area contributed by atoms with Crippen molar-refractivity contribution in [3.63, 3.8) is 0 Å². The van der Waals surface area contributed by atoms with Gasteiger partial charge in [0.15, 0.2) is 0 Å². The maximum atomic E-state index is 5.57. The van der Waals surface area contributed by atoms with Gasteiger partial charge in [0.2, 0.25) is 0 Å². The largest absolute Gasteiger partial charge is 0.378 e. The Morgan fingerprint density at radius 1 is 1.56 bits per heavy atom. The zero-order chi connectivity index (χ0) is 13.0. The van der Waals surface area contributed by atoms with Crippen LogP contribution < -0.4 is 5.32 Å². The molecule has 0 saturated carbocycles. The van der Waals surface area contributed by atoms with Gasteiger partial charge in [-0.25, -0.2) is 0 Å². The first-order valence-corrected chi connectivity index (χ1v) is 7.60. The van der Waals surface area contributed by atoms with E-state index in [0.29, 0.717) is 6.04 Å². The second kappa shape index (κ2) is 6.66. The molecule has 2 heterocycles. The minimum Gasteiger partial charge on any atom is -0.378 e. The second-order valence-electron chi connectivity index (χ2n) is 4.93. The highest BCUT2D eigenvalue weighted by molar-refractivity contribution is 7.12. The molecule has 18 heavy (non-hydrogen) atoms. The van der Waals surface area contributed by atoms with Gasteiger partial charge in [-0.3, -0.25) is 4.90 Å². The second-order valence-corrected chi connectivity index (χ2v) is 6.27. The van der Waals surface area contributed by atoms with Crippen LogP contribution in [0.3, 0.4) is 0 Å². The highest BCUT2D eigenvalue weighted by Gasteiger charge is 2.22. The molecule has 102 valence electrons. The van der Waals surface area contributed by atoms with Crippen LogP contribution in [0.15, 0.2) is 6.07 Å². The summed E-state index contributed by atoms with van der Waals surface area (Å²) >= 11 is 1.92. The topological polar surface area (TPSA) is 24.5 Å². The van der Waals surface area contributed by atoms with Crippen molar-refractivity contribution in [2.45, 2.75) is 39.4 Å². The number of nitrogens with zero attached hydrogens (tertiary/aromatic N) is 1. The Morgan fingerprint density at radius 2 is 2.39 bits per heavy atom. The quantitative estimate of drug-likeness (QED) is 0.887. The maximum absolute atomic E-state index is 5.57. The van der Waals surface area contributed by atoms with Crippen LogP contribution in [0.2, 0.25) is 0 Å². The maximum Gasteiger partial charge on any atom is 0.0622 e. The first kappa shape index (κ1) is 14.0. The number of thiophene rings is 1. The van der Waals surface area contributed by atoms with Gasteiger partial charge in [0, 0.05) is 35.4 Å². The van der Waals surface area contributed by atoms with E-state index in [4.69, 9.17) is 4.74 Å². The van der Waals surface area contributed by atoms with E-state index in [-0.39, 0.29) is 0 Å². The fraction of sp³-hybridized carbons (Fsp3) is 0.714. The molecule has 2 rings (SSSR count). The van der Waals surface area contributed by atoms with Crippen LogP contribution in [0.1, 0.15) is 28.7 Å². The summed E-state index contributed by atoms with van der Waals surface area (Å²) < 4.78 is 5.57. The molecule has 3 nitrogen and oxygen atoms in total. The molecule has 1 N–H and O–H groups in total. The SMILES string of the molecule is CCC1COCCN1Cc1cc(CNC)sc1C. The van der Waals surface area contributed by atoms with Crippen LogP contribution >= 0.6 is 11.3 Å². The van der Waals surface area contributed by atoms with Crippen LogP contribution in [0.25, 0.3) is 0 Å². The van der Waals surface area contributed by atoms with E-state index in [0.717, 1.165) is 32.8 Å². The summed E-state index contributed by atoms with van der Waals surface area (Å²) in [5, 5.41) is 3.22. The number of nitrogens with one attached hydrogen (secondary N) is 1. The van der Waals surface area contributed by atoms with E-state index in [1.165, 1.54) is 21.7 Å². The molecule has 0 amide bonds. The molecule has 4 heteroatoms. The Balaban J connectivity index is 2.03. The zero-order valence-corrected chi connectivity index (χ0v) is 12.5. The van der Waals surface area contributed by atoms with Gasteiger partial charge in [0.1, 0.15) is 0 Å². The fourth-order valence-electron chi connectivity index (χ4n) is 2.50. The summed E-state index contributed by atoms with van der Waals surface area (Å²) in [7, 11) is 2.00. The third-order valence-electron chi connectivity index (χ3n) is 3.62. The molecule has 1 aliphatic rings. The van der Waals surface area contributed by atoms with Crippen molar-refractivity contribution in [3.8, 4) is 0 Å². The van der Waals surface area contributed by atoms with Gasteiger partial charge in [0.05, 0.1) is 13.2 Å². The number of aryl methyl sites for hydroxylation is 1. The Labute approximate surface area is 114 Å². The van der Waals surface area contributed by atoms with Crippen molar-refractivity contribution in [3.05, 3.63) is 21.4 Å². The molecule has 1 unspecified atom stereocenters. The Hall–Kier alpha value is -0.420. The molecule has 0 radical (unpaired) electrons. The average Bonchev–Trinajstić information content (AvgIpc) is 2.71. The lowest BCUT2D eigenvalue weighted by atomic mass is 10.1. The fourth-order valence-corrected chi connectivity index (χ4v) is 3.56. The van der Waals surface area contributed by atoms with Gasteiger partial charge < -0.3 is 10.1 Å². The predicted octanol–water partition coefficient (Wildman–Crippen LogP) is 2.39. The summed E-state index contributed by atoms with van der Waals surface area (Å²) in [5.74, 6) is 0. The van der Waals surface area contributed by atoms with Crippen molar-refractivity contribution in [2.24, 2.45) is 0 Å². The van der Waals surface area contributed by atoms with Gasteiger partial charge in [-0.2, -0.15) is 0 Å². The van der Waals surface area contributed by atoms with Crippen LogP contribution in [0, 0.1) is 6.92 Å². The number of hydrogen-bond donors (Lipinski definition) is 1. The molecular weight excluding hydrogens is 244 g/mol. The first-order chi connectivity index (χ1) is 8.74. The van der Waals surface area contributed by atoms with Crippen LogP contribution in [-0.4, -0.2) is 37.7 Å². The van der Waals surface area contributed by atoms with Crippen molar-refractivity contribution in [1.82, 2.24) is 10.2 Å². The molecule has 1 aromatic rings. The van der Waals surface area contributed by atoms with Gasteiger partial charge in [-0.15, -0.1) is 11.3 Å². The van der Waals surface area contributed by atoms with Crippen molar-refractivity contribution in [2.75, 3.05) is 26.8 Å². The molecule has 1 atom stereocenters. The molecule has 1 aliphatic heterocycles. The number of hydrogen-bond acceptors (Lipinski definition) is 4. The molecular formula is C14H24N2OS. The molecule has 0 aromatic carbocycles. The summed E-state index contributed by atoms with van der Waals surface area (Å²) in [6.07, 6.45) is 1.17. The van der Waals surface area contributed by atoms with Gasteiger partial charge in [-0.05, 0) is 32.0 Å². The first-order valence-electron chi connectivity index (χ1n) is 6.79. The minimum absolute atomic E-state index is 0.589. The molecule has 1 aromatic heterocycles. The van der Waals surface area contributed by atoms with Gasteiger partial charge in [0.25, 0.3) is 0 Å². The Morgan fingerprint density at radius 3 is 3.11 bits per heavy atom. The van der Waals surface area contributed by atoms with Crippen LogP contribution in [0.4, 0.5) is 0 Å². The van der Waals surface area contributed by atoms with Gasteiger partial charge in [-0.1, -0.05) is 6.92 Å². The normalized spacial score (nSPS) is 21.4. The standard InChI is InChI=1S/C14H24N2OS/c1-4-13-10-17-6-5-16(13)9-12-7-14(8-15-3)18-11(12)2/h7,13,15H,4-6,8-10H2,1-3H3. The van der Waals surface area contributed by atoms with Crippen molar-refractivity contribution < 1.29 is 4.74 Å². The summed E-state index contributed by atoms with van der Waals surface area (Å²) in [4.78, 5) is 5.47.